The highest BCUT2D eigenvalue weighted by Crippen LogP contribution is 2.43. The second-order valence-electron chi connectivity index (χ2n) is 24.2. The Labute approximate surface area is 491 Å². The van der Waals surface area contributed by atoms with Gasteiger partial charge in [0.2, 0.25) is 5.91 Å². The summed E-state index contributed by atoms with van der Waals surface area (Å²) in [4.78, 5) is 23.4. The van der Waals surface area contributed by atoms with Gasteiger partial charge in [0.15, 0.2) is 0 Å². The third-order valence-corrected chi connectivity index (χ3v) is 16.2. The minimum absolute atomic E-state index is 0.0605. The monoisotopic (exact) mass is 1130 g/mol. The Kier molecular flexibility index (Phi) is 59.0. The molecule has 0 rings (SSSR count). The molecule has 1 amide bonds. The van der Waals surface area contributed by atoms with Crippen molar-refractivity contribution in [3.05, 3.63) is 72.9 Å². The highest BCUT2D eigenvalue weighted by Gasteiger charge is 2.28. The Morgan fingerprint density at radius 2 is 0.759 bits per heavy atom. The quantitative estimate of drug-likeness (QED) is 0.0243. The molecule has 8 nitrogen and oxygen atoms in total. The molecule has 3 N–H and O–H groups in total. The molecule has 0 spiro atoms. The van der Waals surface area contributed by atoms with Crippen LogP contribution in [-0.4, -0.2) is 73.4 Å². The van der Waals surface area contributed by atoms with Crippen molar-refractivity contribution in [1.82, 2.24) is 5.32 Å². The number of hydrogen-bond donors (Lipinski definition) is 3. The first-order chi connectivity index (χ1) is 38.5. The van der Waals surface area contributed by atoms with Gasteiger partial charge in [-0.05, 0) is 64.2 Å². The summed E-state index contributed by atoms with van der Waals surface area (Å²) in [6.07, 6.45) is 84.6. The molecule has 0 aromatic heterocycles. The number of rotatable bonds is 62. The Bertz CT molecular complexity index is 1520. The summed E-state index contributed by atoms with van der Waals surface area (Å²) in [7, 11) is 1.58. The zero-order valence-electron chi connectivity index (χ0n) is 52.9. The van der Waals surface area contributed by atoms with E-state index in [1.807, 2.05) is 27.2 Å². The van der Waals surface area contributed by atoms with Crippen LogP contribution < -0.4 is 5.32 Å². The maximum Gasteiger partial charge on any atom is 0.472 e. The lowest BCUT2D eigenvalue weighted by Crippen LogP contribution is -2.45. The highest BCUT2D eigenvalue weighted by atomic mass is 31.2. The Morgan fingerprint density at radius 3 is 1.11 bits per heavy atom. The molecule has 0 aliphatic carbocycles. The fourth-order valence-electron chi connectivity index (χ4n) is 9.96. The van der Waals surface area contributed by atoms with Crippen molar-refractivity contribution >= 4 is 13.7 Å². The number of quaternary nitrogens is 1. The molecule has 0 aromatic carbocycles. The molecule has 0 fully saturated rings. The number of aliphatic hydroxyl groups excluding tert-OH is 1. The van der Waals surface area contributed by atoms with Crippen LogP contribution in [-0.2, 0) is 18.4 Å². The zero-order chi connectivity index (χ0) is 57.7. The summed E-state index contributed by atoms with van der Waals surface area (Å²) in [5, 5.41) is 14.0. The van der Waals surface area contributed by atoms with E-state index in [4.69, 9.17) is 9.05 Å². The van der Waals surface area contributed by atoms with Gasteiger partial charge in [0.05, 0.1) is 39.9 Å². The van der Waals surface area contributed by atoms with Gasteiger partial charge in [-0.3, -0.25) is 13.8 Å². The molecular formula is C70H132N2O6P+. The maximum atomic E-state index is 13.0. The molecule has 79 heavy (non-hydrogen) atoms. The number of likely N-dealkylation sites (N-methyl/N-ethyl adjacent to an activating group) is 1. The molecule has 462 valence electrons. The van der Waals surface area contributed by atoms with Gasteiger partial charge in [0, 0.05) is 6.42 Å². The lowest BCUT2D eigenvalue weighted by Gasteiger charge is -2.25. The fraction of sp³-hybridized carbons (Fsp3) is 0.814. The summed E-state index contributed by atoms with van der Waals surface area (Å²) in [5.74, 6) is -0.175. The number of unbranched alkanes of at least 4 members (excludes halogenated alkanes) is 39. The van der Waals surface area contributed by atoms with Crippen molar-refractivity contribution < 1.29 is 32.9 Å². The SMILES string of the molecule is CC/C=C\C/C=C\C/C=C\C/C=C\C/C=C\CCCCCCCCCCCCCCCCCC(=O)NC(COP(=O)(O)OCC[N+](C)(C)C)C(O)/C=C/CCCCCCCCCCCCCCCCCCCCCCCCCC. The van der Waals surface area contributed by atoms with Gasteiger partial charge in [0.1, 0.15) is 13.2 Å². The number of hydrogen-bond acceptors (Lipinski definition) is 5. The van der Waals surface area contributed by atoms with Crippen molar-refractivity contribution in [2.45, 2.75) is 328 Å². The number of phosphoric acid groups is 1. The summed E-state index contributed by atoms with van der Waals surface area (Å²) < 4.78 is 23.8. The number of carbonyl (C=O) groups is 1. The van der Waals surface area contributed by atoms with Gasteiger partial charge in [-0.25, -0.2) is 4.57 Å². The second-order valence-corrected chi connectivity index (χ2v) is 25.6. The van der Waals surface area contributed by atoms with Crippen LogP contribution >= 0.6 is 7.82 Å². The first-order valence-electron chi connectivity index (χ1n) is 33.8. The van der Waals surface area contributed by atoms with Crippen LogP contribution in [0.3, 0.4) is 0 Å². The van der Waals surface area contributed by atoms with Crippen molar-refractivity contribution in [1.29, 1.82) is 0 Å². The minimum atomic E-state index is -4.36. The average Bonchev–Trinajstić information content (AvgIpc) is 3.42. The Morgan fingerprint density at radius 1 is 0.443 bits per heavy atom. The highest BCUT2D eigenvalue weighted by molar-refractivity contribution is 7.47. The normalized spacial score (nSPS) is 14.2. The number of phosphoric ester groups is 1. The van der Waals surface area contributed by atoms with E-state index < -0.39 is 20.0 Å². The van der Waals surface area contributed by atoms with Gasteiger partial charge >= 0.3 is 7.82 Å². The third-order valence-electron chi connectivity index (χ3n) is 15.2. The summed E-state index contributed by atoms with van der Waals surface area (Å²) in [6, 6.07) is -0.851. The number of amides is 1. The second kappa shape index (κ2) is 60.5. The zero-order valence-corrected chi connectivity index (χ0v) is 53.8. The predicted octanol–water partition coefficient (Wildman–Crippen LogP) is 21.4. The molecule has 0 heterocycles. The van der Waals surface area contributed by atoms with E-state index in [1.165, 1.54) is 225 Å². The standard InChI is InChI=1S/C70H131N2O6P/c1-6-8-10-12-14-16-18-20-22-24-26-28-30-32-34-35-36-37-38-40-42-44-46-48-50-52-54-56-58-60-62-64-70(74)71-68(67-78-79(75,76)77-66-65-72(3,4)5)69(73)63-61-59-57-55-53-51-49-47-45-43-41-39-33-31-29-27-25-23-21-19-17-15-13-11-9-7-2/h8,10,14,16,20,22,26,28,32,34,61,63,68-69,73H,6-7,9,11-13,15,17-19,21,23-25,27,29-31,33,35-60,62,64-67H2,1-5H3,(H-,71,74,75,76)/p+1/b10-8-,16-14-,22-20-,28-26-,34-32-,63-61+. The van der Waals surface area contributed by atoms with Crippen molar-refractivity contribution in [3.63, 3.8) is 0 Å². The van der Waals surface area contributed by atoms with E-state index in [0.29, 0.717) is 17.4 Å². The van der Waals surface area contributed by atoms with Gasteiger partial charge in [-0.1, -0.05) is 318 Å². The number of allylic oxidation sites excluding steroid dienone is 11. The van der Waals surface area contributed by atoms with E-state index in [9.17, 15) is 19.4 Å². The predicted molar refractivity (Wildman–Crippen MR) is 346 cm³/mol. The van der Waals surface area contributed by atoms with Crippen LogP contribution in [0.1, 0.15) is 316 Å². The largest absolute Gasteiger partial charge is 0.472 e. The average molecular weight is 1130 g/mol. The van der Waals surface area contributed by atoms with Crippen molar-refractivity contribution in [3.8, 4) is 0 Å². The molecule has 0 saturated carbocycles. The first-order valence-corrected chi connectivity index (χ1v) is 35.3. The number of nitrogens with zero attached hydrogens (tertiary/aromatic N) is 1. The summed E-state index contributed by atoms with van der Waals surface area (Å²) in [5.41, 5.74) is 0. The van der Waals surface area contributed by atoms with Crippen LogP contribution in [0.15, 0.2) is 72.9 Å². The summed E-state index contributed by atoms with van der Waals surface area (Å²) >= 11 is 0. The smallest absolute Gasteiger partial charge is 0.387 e. The molecule has 0 saturated heterocycles. The molecular weight excluding hydrogens is 996 g/mol. The molecule has 9 heteroatoms. The van der Waals surface area contributed by atoms with Gasteiger partial charge < -0.3 is 19.8 Å². The summed E-state index contributed by atoms with van der Waals surface area (Å²) in [6.45, 7) is 4.74. The van der Waals surface area contributed by atoms with Gasteiger partial charge in [-0.15, -0.1) is 0 Å². The molecule has 3 atom stereocenters. The Balaban J connectivity index is 4.09. The molecule has 0 aliphatic heterocycles. The number of carbonyl (C=O) groups excluding carboxylic acids is 1. The van der Waals surface area contributed by atoms with Crippen LogP contribution in [0.5, 0.6) is 0 Å². The fourth-order valence-corrected chi connectivity index (χ4v) is 10.7. The molecule has 0 aliphatic rings. The van der Waals surface area contributed by atoms with Crippen LogP contribution in [0, 0.1) is 0 Å². The molecule has 3 unspecified atom stereocenters. The number of nitrogens with one attached hydrogen (secondary N) is 1. The molecule has 0 bridgehead atoms. The van der Waals surface area contributed by atoms with E-state index in [1.54, 1.807) is 6.08 Å². The molecule has 0 radical (unpaired) electrons. The van der Waals surface area contributed by atoms with Crippen LogP contribution in [0.4, 0.5) is 0 Å². The topological polar surface area (TPSA) is 105 Å². The third kappa shape index (κ3) is 63.4. The lowest BCUT2D eigenvalue weighted by molar-refractivity contribution is -0.870. The number of aliphatic hydroxyl groups is 1. The van der Waals surface area contributed by atoms with E-state index in [2.05, 4.69) is 79.9 Å². The van der Waals surface area contributed by atoms with E-state index >= 15 is 0 Å². The minimum Gasteiger partial charge on any atom is -0.387 e. The van der Waals surface area contributed by atoms with Crippen molar-refractivity contribution in [2.24, 2.45) is 0 Å². The Hall–Kier alpha value is -2.06. The van der Waals surface area contributed by atoms with Gasteiger partial charge in [0.25, 0.3) is 0 Å². The van der Waals surface area contributed by atoms with E-state index in [0.717, 1.165) is 70.6 Å². The lowest BCUT2D eigenvalue weighted by atomic mass is 10.0. The van der Waals surface area contributed by atoms with Crippen LogP contribution in [0.2, 0.25) is 0 Å². The molecule has 0 aromatic rings. The first kappa shape index (κ1) is 76.9. The maximum absolute atomic E-state index is 13.0. The van der Waals surface area contributed by atoms with Gasteiger partial charge in [-0.2, -0.15) is 0 Å². The van der Waals surface area contributed by atoms with Crippen molar-refractivity contribution in [2.75, 3.05) is 40.9 Å². The van der Waals surface area contributed by atoms with E-state index in [-0.39, 0.29) is 19.1 Å². The van der Waals surface area contributed by atoms with Crippen LogP contribution in [0.25, 0.3) is 0 Å².